The van der Waals surface area contributed by atoms with Crippen molar-refractivity contribution in [2.75, 3.05) is 5.12 Å². The lowest BCUT2D eigenvalue weighted by Gasteiger charge is -2.24. The van der Waals surface area contributed by atoms with Gasteiger partial charge in [-0.25, -0.2) is 4.98 Å². The number of thiazole rings is 1. The Labute approximate surface area is 157 Å². The number of hydrazone groups is 1. The van der Waals surface area contributed by atoms with E-state index in [0.29, 0.717) is 6.54 Å². The molecule has 1 aliphatic rings. The van der Waals surface area contributed by atoms with Crippen LogP contribution in [0.15, 0.2) is 65.8 Å². The van der Waals surface area contributed by atoms with E-state index in [4.69, 9.17) is 5.10 Å². The van der Waals surface area contributed by atoms with Crippen LogP contribution < -0.4 is 10.5 Å². The van der Waals surface area contributed by atoms with Gasteiger partial charge < -0.3 is 0 Å². The van der Waals surface area contributed by atoms with Crippen LogP contribution in [0.4, 0.5) is 5.13 Å². The van der Waals surface area contributed by atoms with Gasteiger partial charge in [-0.2, -0.15) is 0 Å². The molecule has 1 aromatic heterocycles. The molecule has 0 bridgehead atoms. The Bertz CT molecular complexity index is 885. The van der Waals surface area contributed by atoms with Crippen molar-refractivity contribution in [1.82, 2.24) is 15.5 Å². The molecule has 26 heavy (non-hydrogen) atoms. The molecule has 0 fully saturated rings. The van der Waals surface area contributed by atoms with Crippen LogP contribution in [0.2, 0.25) is 0 Å². The predicted octanol–water partition coefficient (Wildman–Crippen LogP) is 4.06. The second-order valence-electron chi connectivity index (χ2n) is 6.29. The molecule has 2 heterocycles. The third-order valence-electron chi connectivity index (χ3n) is 4.28. The van der Waals surface area contributed by atoms with Crippen LogP contribution in [0.5, 0.6) is 0 Å². The zero-order valence-electron chi connectivity index (χ0n) is 14.9. The number of rotatable bonds is 5. The van der Waals surface area contributed by atoms with E-state index in [0.717, 1.165) is 23.1 Å². The number of aromatic nitrogens is 1. The molecule has 5 nitrogen and oxygen atoms in total. The summed E-state index contributed by atoms with van der Waals surface area (Å²) in [6, 6.07) is 20.7. The summed E-state index contributed by atoms with van der Waals surface area (Å²) in [5.74, 6) is 0.914. The summed E-state index contributed by atoms with van der Waals surface area (Å²) in [4.78, 5) is 5.90. The van der Waals surface area contributed by atoms with Gasteiger partial charge >= 0.3 is 0 Å². The van der Waals surface area contributed by atoms with Crippen LogP contribution in [0.3, 0.4) is 0 Å². The van der Waals surface area contributed by atoms with Gasteiger partial charge in [-0.1, -0.05) is 72.0 Å². The largest absolute Gasteiger partial charge is 0.285 e. The van der Waals surface area contributed by atoms with E-state index in [2.05, 4.69) is 65.9 Å². The number of nitrogens with one attached hydrogen (secondary N) is 1. The highest BCUT2D eigenvalue weighted by Crippen LogP contribution is 2.28. The topological polar surface area (TPSA) is 43.8 Å². The number of aryl methyl sites for hydroxylation is 2. The molecule has 2 aromatic carbocycles. The minimum atomic E-state index is 0.709. The number of amidine groups is 1. The first-order chi connectivity index (χ1) is 12.7. The number of benzene rings is 2. The van der Waals surface area contributed by atoms with Crippen molar-refractivity contribution in [1.29, 1.82) is 0 Å². The molecule has 4 rings (SSSR count). The van der Waals surface area contributed by atoms with Crippen molar-refractivity contribution in [2.24, 2.45) is 5.10 Å². The molecule has 0 saturated heterocycles. The van der Waals surface area contributed by atoms with E-state index >= 15 is 0 Å². The molecular weight excluding hydrogens is 342 g/mol. The van der Waals surface area contributed by atoms with Crippen molar-refractivity contribution in [3.8, 4) is 0 Å². The lowest BCUT2D eigenvalue weighted by molar-refractivity contribution is 0.226. The number of anilines is 1. The van der Waals surface area contributed by atoms with Gasteiger partial charge in [0, 0.05) is 11.3 Å². The minimum absolute atomic E-state index is 0.709. The van der Waals surface area contributed by atoms with E-state index in [1.165, 1.54) is 16.0 Å². The Balaban J connectivity index is 1.60. The van der Waals surface area contributed by atoms with Crippen molar-refractivity contribution in [3.05, 3.63) is 82.4 Å². The maximum atomic E-state index is 4.80. The van der Waals surface area contributed by atoms with Crippen LogP contribution in [-0.4, -0.2) is 15.9 Å². The smallest absolute Gasteiger partial charge is 0.224 e. The van der Waals surface area contributed by atoms with Crippen molar-refractivity contribution in [2.45, 2.75) is 26.8 Å². The summed E-state index contributed by atoms with van der Waals surface area (Å²) in [5, 5.41) is 9.58. The molecule has 0 saturated carbocycles. The first kappa shape index (κ1) is 16.8. The van der Waals surface area contributed by atoms with E-state index in [1.54, 1.807) is 11.3 Å². The van der Waals surface area contributed by atoms with Crippen LogP contribution in [0.25, 0.3) is 0 Å². The third-order valence-corrected chi connectivity index (χ3v) is 5.32. The van der Waals surface area contributed by atoms with Gasteiger partial charge in [-0.15, -0.1) is 15.3 Å². The Morgan fingerprint density at radius 2 is 1.58 bits per heavy atom. The molecule has 0 amide bonds. The monoisotopic (exact) mass is 363 g/mol. The first-order valence-corrected chi connectivity index (χ1v) is 9.44. The van der Waals surface area contributed by atoms with E-state index in [1.807, 2.05) is 29.3 Å². The van der Waals surface area contributed by atoms with Gasteiger partial charge in [0.05, 0.1) is 12.2 Å². The van der Waals surface area contributed by atoms with Crippen LogP contribution in [0, 0.1) is 13.8 Å². The number of nitrogens with zero attached hydrogens (tertiary/aromatic N) is 4. The molecule has 132 valence electrons. The molecule has 0 spiro atoms. The Morgan fingerprint density at radius 3 is 2.19 bits per heavy atom. The average Bonchev–Trinajstić information content (AvgIpc) is 3.20. The molecule has 0 unspecified atom stereocenters. The SMILES string of the molecule is Cc1nc(N2N=C(Cc3ccccc3)NN2Cc2ccccc2)sc1C. The highest BCUT2D eigenvalue weighted by Gasteiger charge is 2.27. The second-order valence-corrected chi connectivity index (χ2v) is 7.47. The summed E-state index contributed by atoms with van der Waals surface area (Å²) in [5.41, 5.74) is 6.94. The summed E-state index contributed by atoms with van der Waals surface area (Å²) in [6.07, 6.45) is 0.756. The third kappa shape index (κ3) is 3.61. The fraction of sp³-hybridized carbons (Fsp3) is 0.200. The van der Waals surface area contributed by atoms with E-state index in [-0.39, 0.29) is 0 Å². The zero-order valence-corrected chi connectivity index (χ0v) is 15.7. The number of hydrogen-bond acceptors (Lipinski definition) is 6. The first-order valence-electron chi connectivity index (χ1n) is 8.62. The fourth-order valence-electron chi connectivity index (χ4n) is 2.80. The molecule has 0 radical (unpaired) electrons. The molecule has 1 aliphatic heterocycles. The molecular formula is C20H21N5S. The Hall–Kier alpha value is -2.70. The molecule has 1 N–H and O–H groups in total. The van der Waals surface area contributed by atoms with E-state index in [9.17, 15) is 0 Å². The van der Waals surface area contributed by atoms with Crippen molar-refractivity contribution in [3.63, 3.8) is 0 Å². The van der Waals surface area contributed by atoms with Gasteiger partial charge in [-0.3, -0.25) is 5.43 Å². The summed E-state index contributed by atoms with van der Waals surface area (Å²) in [7, 11) is 0. The highest BCUT2D eigenvalue weighted by molar-refractivity contribution is 7.15. The van der Waals surface area contributed by atoms with Gasteiger partial charge in [0.25, 0.3) is 0 Å². The zero-order chi connectivity index (χ0) is 17.9. The lowest BCUT2D eigenvalue weighted by Crippen LogP contribution is -2.43. The standard InChI is InChI=1S/C20H21N5S/c1-15-16(2)26-20(21-15)25-23-19(13-17-9-5-3-6-10-17)22-24(25)14-18-11-7-4-8-12-18/h3-12H,13-14H2,1-2H3,(H,22,23). The van der Waals surface area contributed by atoms with Crippen LogP contribution in [-0.2, 0) is 13.0 Å². The quantitative estimate of drug-likeness (QED) is 0.742. The van der Waals surface area contributed by atoms with Gasteiger partial charge in [-0.05, 0) is 25.0 Å². The van der Waals surface area contributed by atoms with Crippen molar-refractivity contribution < 1.29 is 0 Å². The molecule has 3 aromatic rings. The summed E-state index contributed by atoms with van der Waals surface area (Å²) < 4.78 is 0. The van der Waals surface area contributed by atoms with Gasteiger partial charge in [0.15, 0.2) is 0 Å². The van der Waals surface area contributed by atoms with Crippen LogP contribution >= 0.6 is 11.3 Å². The second kappa shape index (κ2) is 7.27. The lowest BCUT2D eigenvalue weighted by atomic mass is 10.1. The number of hydrazine groups is 2. The van der Waals surface area contributed by atoms with Gasteiger partial charge in [0.2, 0.25) is 5.13 Å². The molecule has 6 heteroatoms. The number of hydrogen-bond donors (Lipinski definition) is 1. The Morgan fingerprint density at radius 1 is 0.923 bits per heavy atom. The normalized spacial score (nSPS) is 14.4. The maximum absolute atomic E-state index is 4.80. The summed E-state index contributed by atoms with van der Waals surface area (Å²) in [6.45, 7) is 4.84. The fourth-order valence-corrected chi connectivity index (χ4v) is 3.67. The van der Waals surface area contributed by atoms with E-state index < -0.39 is 0 Å². The summed E-state index contributed by atoms with van der Waals surface area (Å²) >= 11 is 1.66. The maximum Gasteiger partial charge on any atom is 0.224 e. The minimum Gasteiger partial charge on any atom is -0.285 e. The highest BCUT2D eigenvalue weighted by atomic mass is 32.1. The average molecular weight is 363 g/mol. The molecule has 0 aliphatic carbocycles. The predicted molar refractivity (Wildman–Crippen MR) is 107 cm³/mol. The molecule has 0 atom stereocenters. The Kier molecular flexibility index (Phi) is 4.69. The van der Waals surface area contributed by atoms with Gasteiger partial charge in [0.1, 0.15) is 5.84 Å². The van der Waals surface area contributed by atoms with Crippen molar-refractivity contribution >= 4 is 22.3 Å². The van der Waals surface area contributed by atoms with Crippen LogP contribution in [0.1, 0.15) is 21.7 Å².